The van der Waals surface area contributed by atoms with Crippen LogP contribution in [0.25, 0.3) is 16.6 Å². The van der Waals surface area contributed by atoms with Gasteiger partial charge >= 0.3 is 0 Å². The summed E-state index contributed by atoms with van der Waals surface area (Å²) in [5, 5.41) is 4.04. The Balaban J connectivity index is 2.07. The number of benzene rings is 2. The fourth-order valence-electron chi connectivity index (χ4n) is 3.65. The molecule has 2 heterocycles. The quantitative estimate of drug-likeness (QED) is 0.510. The van der Waals surface area contributed by atoms with Gasteiger partial charge in [0.25, 0.3) is 0 Å². The van der Waals surface area contributed by atoms with E-state index in [2.05, 4.69) is 33.6 Å². The Morgan fingerprint density at radius 3 is 2.24 bits per heavy atom. The maximum absolute atomic E-state index is 13.0. The molecular formula is C24H24N4O. The van der Waals surface area contributed by atoms with Crippen LogP contribution in [0.3, 0.4) is 0 Å². The molecule has 146 valence electrons. The lowest BCUT2D eigenvalue weighted by Crippen LogP contribution is -2.24. The third-order valence-corrected chi connectivity index (χ3v) is 5.06. The molecule has 0 radical (unpaired) electrons. The van der Waals surface area contributed by atoms with Gasteiger partial charge in [0.05, 0.1) is 22.8 Å². The first kappa shape index (κ1) is 18.7. The van der Waals surface area contributed by atoms with E-state index < -0.39 is 0 Å². The van der Waals surface area contributed by atoms with E-state index in [9.17, 15) is 4.79 Å². The lowest BCUT2D eigenvalue weighted by molar-refractivity contribution is 0.863. The number of fused-ring (bicyclic) bond motifs is 1. The number of hydrogen-bond donors (Lipinski definition) is 1. The Bertz CT molecular complexity index is 1170. The number of para-hydroxylation sites is 2. The van der Waals surface area contributed by atoms with Gasteiger partial charge in [-0.25, -0.2) is 0 Å². The molecule has 0 amide bonds. The topological polar surface area (TPSA) is 50.2 Å². The van der Waals surface area contributed by atoms with Crippen LogP contribution in [0.5, 0.6) is 0 Å². The zero-order valence-corrected chi connectivity index (χ0v) is 16.7. The fraction of sp³-hybridized carbons (Fsp3) is 0.167. The number of nitrogens with one attached hydrogen (secondary N) is 1. The molecule has 0 saturated heterocycles. The molecule has 4 aromatic rings. The summed E-state index contributed by atoms with van der Waals surface area (Å²) in [7, 11) is 0. The maximum Gasteiger partial charge on any atom is 0.193 e. The molecule has 29 heavy (non-hydrogen) atoms. The minimum atomic E-state index is -0.0490. The number of anilines is 3. The van der Waals surface area contributed by atoms with Gasteiger partial charge < -0.3 is 10.2 Å². The standard InChI is InChI=1S/C24H24N4O/c1-3-27(4-2)21-17-25-16-20-22(29)15-23(26-18-11-7-5-8-12-18)28(24(20)21)19-13-9-6-10-14-19/h5-17,26H,3-4H2,1-2H3. The molecule has 2 aromatic carbocycles. The predicted octanol–water partition coefficient (Wildman–Crippen LogP) is 4.98. The zero-order valence-electron chi connectivity index (χ0n) is 16.7. The van der Waals surface area contributed by atoms with Gasteiger partial charge in [-0.05, 0) is 38.1 Å². The highest BCUT2D eigenvalue weighted by molar-refractivity contribution is 5.93. The minimum absolute atomic E-state index is 0.0490. The van der Waals surface area contributed by atoms with Crippen molar-refractivity contribution < 1.29 is 0 Å². The van der Waals surface area contributed by atoms with Gasteiger partial charge in [0.1, 0.15) is 5.82 Å². The molecule has 2 aromatic heterocycles. The van der Waals surface area contributed by atoms with Crippen molar-refractivity contribution in [2.75, 3.05) is 23.3 Å². The largest absolute Gasteiger partial charge is 0.369 e. The molecule has 0 bridgehead atoms. The molecular weight excluding hydrogens is 360 g/mol. The molecule has 0 fully saturated rings. The van der Waals surface area contributed by atoms with Crippen molar-refractivity contribution in [1.29, 1.82) is 0 Å². The van der Waals surface area contributed by atoms with Crippen LogP contribution in [0.15, 0.2) is 83.9 Å². The van der Waals surface area contributed by atoms with Gasteiger partial charge in [-0.3, -0.25) is 14.3 Å². The van der Waals surface area contributed by atoms with E-state index in [0.29, 0.717) is 5.39 Å². The molecule has 5 nitrogen and oxygen atoms in total. The molecule has 0 aliphatic carbocycles. The van der Waals surface area contributed by atoms with Gasteiger partial charge in [-0.2, -0.15) is 0 Å². The first-order valence-corrected chi connectivity index (χ1v) is 9.89. The number of rotatable bonds is 6. The molecule has 0 atom stereocenters. The minimum Gasteiger partial charge on any atom is -0.369 e. The van der Waals surface area contributed by atoms with Crippen molar-refractivity contribution in [3.8, 4) is 5.69 Å². The Morgan fingerprint density at radius 2 is 1.59 bits per heavy atom. The lowest BCUT2D eigenvalue weighted by Gasteiger charge is -2.26. The number of aromatic nitrogens is 2. The molecule has 5 heteroatoms. The van der Waals surface area contributed by atoms with Crippen LogP contribution < -0.4 is 15.6 Å². The smallest absolute Gasteiger partial charge is 0.193 e. The predicted molar refractivity (Wildman–Crippen MR) is 121 cm³/mol. The van der Waals surface area contributed by atoms with Crippen LogP contribution in [0.4, 0.5) is 17.2 Å². The summed E-state index contributed by atoms with van der Waals surface area (Å²) in [5.41, 5.74) is 3.67. The zero-order chi connectivity index (χ0) is 20.2. The van der Waals surface area contributed by atoms with E-state index in [1.54, 1.807) is 12.3 Å². The highest BCUT2D eigenvalue weighted by Crippen LogP contribution is 2.31. The monoisotopic (exact) mass is 384 g/mol. The van der Waals surface area contributed by atoms with Crippen LogP contribution >= 0.6 is 0 Å². The second kappa shape index (κ2) is 8.19. The Labute approximate surface area is 170 Å². The molecule has 0 saturated carbocycles. The second-order valence-corrected chi connectivity index (χ2v) is 6.78. The van der Waals surface area contributed by atoms with Crippen molar-refractivity contribution in [2.45, 2.75) is 13.8 Å². The van der Waals surface area contributed by atoms with Crippen molar-refractivity contribution in [3.05, 3.63) is 89.3 Å². The first-order chi connectivity index (χ1) is 14.2. The molecule has 1 N–H and O–H groups in total. The molecule has 0 spiro atoms. The Kier molecular flexibility index (Phi) is 5.29. The summed E-state index contributed by atoms with van der Waals surface area (Å²) in [6.45, 7) is 5.88. The maximum atomic E-state index is 13.0. The summed E-state index contributed by atoms with van der Waals surface area (Å²) in [6, 6.07) is 21.6. The van der Waals surface area contributed by atoms with Crippen LogP contribution in [-0.4, -0.2) is 22.6 Å². The first-order valence-electron chi connectivity index (χ1n) is 9.89. The Morgan fingerprint density at radius 1 is 0.931 bits per heavy atom. The van der Waals surface area contributed by atoms with E-state index in [1.807, 2.05) is 66.9 Å². The molecule has 0 unspecified atom stereocenters. The SMILES string of the molecule is CCN(CC)c1cncc2c(=O)cc(Nc3ccccc3)n(-c3ccccc3)c12. The van der Waals surface area contributed by atoms with Crippen LogP contribution in [0.1, 0.15) is 13.8 Å². The van der Waals surface area contributed by atoms with Crippen LogP contribution in [0.2, 0.25) is 0 Å². The van der Waals surface area contributed by atoms with Gasteiger partial charge in [0.15, 0.2) is 5.43 Å². The van der Waals surface area contributed by atoms with Gasteiger partial charge in [-0.1, -0.05) is 36.4 Å². The van der Waals surface area contributed by atoms with E-state index in [0.717, 1.165) is 41.5 Å². The fourth-order valence-corrected chi connectivity index (χ4v) is 3.65. The molecule has 4 rings (SSSR count). The van der Waals surface area contributed by atoms with Crippen LogP contribution in [-0.2, 0) is 0 Å². The lowest BCUT2D eigenvalue weighted by atomic mass is 10.1. The second-order valence-electron chi connectivity index (χ2n) is 6.78. The highest BCUT2D eigenvalue weighted by Gasteiger charge is 2.17. The normalized spacial score (nSPS) is 10.8. The van der Waals surface area contributed by atoms with E-state index in [4.69, 9.17) is 0 Å². The van der Waals surface area contributed by atoms with E-state index in [-0.39, 0.29) is 5.43 Å². The van der Waals surface area contributed by atoms with Crippen molar-refractivity contribution >= 4 is 28.1 Å². The highest BCUT2D eigenvalue weighted by atomic mass is 16.1. The van der Waals surface area contributed by atoms with Crippen molar-refractivity contribution in [2.24, 2.45) is 0 Å². The Hall–Kier alpha value is -3.60. The summed E-state index contributed by atoms with van der Waals surface area (Å²) in [4.78, 5) is 19.6. The van der Waals surface area contributed by atoms with Crippen molar-refractivity contribution in [1.82, 2.24) is 9.55 Å². The van der Waals surface area contributed by atoms with E-state index >= 15 is 0 Å². The number of nitrogens with zero attached hydrogens (tertiary/aromatic N) is 3. The van der Waals surface area contributed by atoms with Crippen molar-refractivity contribution in [3.63, 3.8) is 0 Å². The van der Waals surface area contributed by atoms with Gasteiger partial charge in [-0.15, -0.1) is 0 Å². The van der Waals surface area contributed by atoms with E-state index in [1.165, 1.54) is 0 Å². The summed E-state index contributed by atoms with van der Waals surface area (Å²) >= 11 is 0. The number of pyridine rings is 2. The summed E-state index contributed by atoms with van der Waals surface area (Å²) in [6.07, 6.45) is 3.51. The summed E-state index contributed by atoms with van der Waals surface area (Å²) in [5.74, 6) is 0.722. The van der Waals surface area contributed by atoms with Gasteiger partial charge in [0, 0.05) is 36.7 Å². The average molecular weight is 384 g/mol. The molecule has 0 aliphatic rings. The van der Waals surface area contributed by atoms with Crippen LogP contribution in [0, 0.1) is 0 Å². The number of hydrogen-bond acceptors (Lipinski definition) is 4. The summed E-state index contributed by atoms with van der Waals surface area (Å²) < 4.78 is 2.11. The van der Waals surface area contributed by atoms with Gasteiger partial charge in [0.2, 0.25) is 0 Å². The molecule has 0 aliphatic heterocycles. The third kappa shape index (κ3) is 3.59. The average Bonchev–Trinajstić information content (AvgIpc) is 2.76. The third-order valence-electron chi connectivity index (χ3n) is 5.06.